The van der Waals surface area contributed by atoms with E-state index < -0.39 is 0 Å². The van der Waals surface area contributed by atoms with Crippen LogP contribution >= 0.6 is 11.3 Å². The van der Waals surface area contributed by atoms with Crippen LogP contribution in [0.5, 0.6) is 11.5 Å². The Hall–Kier alpha value is -3.39. The third kappa shape index (κ3) is 6.29. The standard InChI is InChI=1S/C23H24N2O5S/c1-3-4-11-29-23(27)16-5-8-18(9-6-16)25-22(26)17-7-10-20(21(12-17)28-2)30-13-19-14-31-15-24-19/h5-10,12,14-15H,3-4,11,13H2,1-2H3,(H,25,26). The van der Waals surface area contributed by atoms with Crippen molar-refractivity contribution in [1.29, 1.82) is 0 Å². The van der Waals surface area contributed by atoms with Crippen molar-refractivity contribution in [2.75, 3.05) is 19.0 Å². The predicted molar refractivity (Wildman–Crippen MR) is 119 cm³/mol. The molecule has 2 aromatic carbocycles. The molecule has 31 heavy (non-hydrogen) atoms. The first kappa shape index (κ1) is 22.3. The fourth-order valence-electron chi connectivity index (χ4n) is 2.67. The van der Waals surface area contributed by atoms with Crippen LogP contribution in [0.4, 0.5) is 5.69 Å². The molecule has 1 amide bonds. The van der Waals surface area contributed by atoms with Gasteiger partial charge in [0.1, 0.15) is 6.61 Å². The summed E-state index contributed by atoms with van der Waals surface area (Å²) in [6.07, 6.45) is 1.79. The molecule has 0 atom stereocenters. The highest BCUT2D eigenvalue weighted by Crippen LogP contribution is 2.29. The molecule has 0 aliphatic rings. The SMILES string of the molecule is CCCCOC(=O)c1ccc(NC(=O)c2ccc(OCc3cscn3)c(OC)c2)cc1. The third-order valence-electron chi connectivity index (χ3n) is 4.39. The average Bonchev–Trinajstić information content (AvgIpc) is 3.32. The van der Waals surface area contributed by atoms with Crippen LogP contribution in [0.2, 0.25) is 0 Å². The van der Waals surface area contributed by atoms with E-state index in [-0.39, 0.29) is 11.9 Å². The number of rotatable bonds is 10. The topological polar surface area (TPSA) is 86.8 Å². The Balaban J connectivity index is 1.61. The molecule has 8 heteroatoms. The van der Waals surface area contributed by atoms with Crippen LogP contribution in [0.3, 0.4) is 0 Å². The molecule has 3 aromatic rings. The van der Waals surface area contributed by atoms with Gasteiger partial charge >= 0.3 is 5.97 Å². The van der Waals surface area contributed by atoms with Gasteiger partial charge in [0.15, 0.2) is 11.5 Å². The molecule has 0 radical (unpaired) electrons. The third-order valence-corrected chi connectivity index (χ3v) is 5.03. The van der Waals surface area contributed by atoms with Gasteiger partial charge in [-0.2, -0.15) is 0 Å². The number of anilines is 1. The first-order valence-electron chi connectivity index (χ1n) is 9.87. The maximum atomic E-state index is 12.6. The van der Waals surface area contributed by atoms with Crippen LogP contribution in [0, 0.1) is 0 Å². The van der Waals surface area contributed by atoms with Crippen LogP contribution in [0.25, 0.3) is 0 Å². The summed E-state index contributed by atoms with van der Waals surface area (Å²) in [5.41, 5.74) is 3.99. The van der Waals surface area contributed by atoms with Crippen molar-refractivity contribution in [3.05, 3.63) is 70.2 Å². The highest BCUT2D eigenvalue weighted by atomic mass is 32.1. The number of carbonyl (C=O) groups excluding carboxylic acids is 2. The van der Waals surface area contributed by atoms with E-state index >= 15 is 0 Å². The monoisotopic (exact) mass is 440 g/mol. The second-order valence-corrected chi connectivity index (χ2v) is 7.37. The molecule has 0 aliphatic carbocycles. The molecule has 1 aromatic heterocycles. The first-order valence-corrected chi connectivity index (χ1v) is 10.8. The van der Waals surface area contributed by atoms with E-state index in [4.69, 9.17) is 14.2 Å². The largest absolute Gasteiger partial charge is 0.493 e. The maximum Gasteiger partial charge on any atom is 0.338 e. The lowest BCUT2D eigenvalue weighted by Gasteiger charge is -2.12. The number of amides is 1. The van der Waals surface area contributed by atoms with Crippen molar-refractivity contribution < 1.29 is 23.8 Å². The fourth-order valence-corrected chi connectivity index (χ4v) is 3.22. The summed E-state index contributed by atoms with van der Waals surface area (Å²) >= 11 is 1.50. The number of ether oxygens (including phenoxy) is 3. The van der Waals surface area contributed by atoms with Gasteiger partial charge in [-0.05, 0) is 48.9 Å². The number of carbonyl (C=O) groups is 2. The van der Waals surface area contributed by atoms with Crippen molar-refractivity contribution in [1.82, 2.24) is 4.98 Å². The van der Waals surface area contributed by atoms with Gasteiger partial charge in [0.2, 0.25) is 0 Å². The Morgan fingerprint density at radius 3 is 2.52 bits per heavy atom. The van der Waals surface area contributed by atoms with Crippen LogP contribution in [-0.4, -0.2) is 30.6 Å². The molecule has 0 saturated heterocycles. The predicted octanol–water partition coefficient (Wildman–Crippen LogP) is 4.94. The van der Waals surface area contributed by atoms with E-state index in [2.05, 4.69) is 10.3 Å². The van der Waals surface area contributed by atoms with Crippen LogP contribution in [0.1, 0.15) is 46.2 Å². The van der Waals surface area contributed by atoms with Crippen LogP contribution in [-0.2, 0) is 11.3 Å². The van der Waals surface area contributed by atoms with Gasteiger partial charge in [0.25, 0.3) is 5.91 Å². The number of hydrogen-bond acceptors (Lipinski definition) is 7. The van der Waals surface area contributed by atoms with E-state index in [0.717, 1.165) is 18.5 Å². The molecule has 1 heterocycles. The van der Waals surface area contributed by atoms with Gasteiger partial charge in [-0.15, -0.1) is 11.3 Å². The number of aromatic nitrogens is 1. The number of esters is 1. The van der Waals surface area contributed by atoms with E-state index in [1.807, 2.05) is 12.3 Å². The van der Waals surface area contributed by atoms with E-state index in [9.17, 15) is 9.59 Å². The van der Waals surface area contributed by atoms with Crippen LogP contribution < -0.4 is 14.8 Å². The van der Waals surface area contributed by atoms with Gasteiger partial charge in [0, 0.05) is 16.6 Å². The summed E-state index contributed by atoms with van der Waals surface area (Å²) in [6.45, 7) is 2.75. The highest BCUT2D eigenvalue weighted by Gasteiger charge is 2.13. The molecule has 7 nitrogen and oxygen atoms in total. The quantitative estimate of drug-likeness (QED) is 0.355. The van der Waals surface area contributed by atoms with E-state index in [0.29, 0.717) is 41.5 Å². The molecule has 1 N–H and O–H groups in total. The minimum atomic E-state index is -0.371. The second-order valence-electron chi connectivity index (χ2n) is 6.66. The smallest absolute Gasteiger partial charge is 0.338 e. The lowest BCUT2D eigenvalue weighted by atomic mass is 10.1. The maximum absolute atomic E-state index is 12.6. The number of unbranched alkanes of at least 4 members (excludes halogenated alkanes) is 1. The fraction of sp³-hybridized carbons (Fsp3) is 0.261. The summed E-state index contributed by atoms with van der Waals surface area (Å²) < 4.78 is 16.3. The summed E-state index contributed by atoms with van der Waals surface area (Å²) in [7, 11) is 1.52. The summed E-state index contributed by atoms with van der Waals surface area (Å²) in [5, 5.41) is 4.71. The van der Waals surface area contributed by atoms with Crippen molar-refractivity contribution in [3.63, 3.8) is 0 Å². The van der Waals surface area contributed by atoms with Gasteiger partial charge in [-0.1, -0.05) is 13.3 Å². The molecule has 0 spiro atoms. The minimum Gasteiger partial charge on any atom is -0.493 e. The van der Waals surface area contributed by atoms with Crippen molar-refractivity contribution in [3.8, 4) is 11.5 Å². The van der Waals surface area contributed by atoms with E-state index in [1.54, 1.807) is 48.0 Å². The number of hydrogen-bond donors (Lipinski definition) is 1. The van der Waals surface area contributed by atoms with Gasteiger partial charge in [-0.3, -0.25) is 4.79 Å². The van der Waals surface area contributed by atoms with Crippen molar-refractivity contribution in [2.45, 2.75) is 26.4 Å². The Bertz CT molecular complexity index is 1000. The molecular formula is C23H24N2O5S. The van der Waals surface area contributed by atoms with Crippen molar-refractivity contribution >= 4 is 28.9 Å². The summed E-state index contributed by atoms with van der Waals surface area (Å²) in [4.78, 5) is 28.8. The molecule has 3 rings (SSSR count). The number of nitrogens with one attached hydrogen (secondary N) is 1. The van der Waals surface area contributed by atoms with Crippen molar-refractivity contribution in [2.24, 2.45) is 0 Å². The van der Waals surface area contributed by atoms with Crippen LogP contribution in [0.15, 0.2) is 53.4 Å². The Kier molecular flexibility index (Phi) is 8.00. The normalized spacial score (nSPS) is 10.4. The molecule has 0 unspecified atom stereocenters. The summed E-state index contributed by atoms with van der Waals surface area (Å²) in [6, 6.07) is 11.5. The van der Waals surface area contributed by atoms with Gasteiger partial charge < -0.3 is 19.5 Å². The average molecular weight is 441 g/mol. The number of benzene rings is 2. The van der Waals surface area contributed by atoms with Gasteiger partial charge in [0.05, 0.1) is 30.5 Å². The Morgan fingerprint density at radius 1 is 1.06 bits per heavy atom. The molecule has 162 valence electrons. The van der Waals surface area contributed by atoms with E-state index in [1.165, 1.54) is 18.4 Å². The van der Waals surface area contributed by atoms with Gasteiger partial charge in [-0.25, -0.2) is 9.78 Å². The zero-order valence-corrected chi connectivity index (χ0v) is 18.2. The molecule has 0 fully saturated rings. The highest BCUT2D eigenvalue weighted by molar-refractivity contribution is 7.07. The first-order chi connectivity index (χ1) is 15.1. The number of methoxy groups -OCH3 is 1. The molecule has 0 aliphatic heterocycles. The lowest BCUT2D eigenvalue weighted by molar-refractivity contribution is 0.0499. The molecule has 0 bridgehead atoms. The zero-order chi connectivity index (χ0) is 22.1. The minimum absolute atomic E-state index is 0.303. The number of nitrogens with zero attached hydrogens (tertiary/aromatic N) is 1. The Morgan fingerprint density at radius 2 is 1.84 bits per heavy atom. The number of thiazole rings is 1. The zero-order valence-electron chi connectivity index (χ0n) is 17.4. The molecular weight excluding hydrogens is 416 g/mol. The lowest BCUT2D eigenvalue weighted by Crippen LogP contribution is -2.12. The second kappa shape index (κ2) is 11.1. The summed E-state index contributed by atoms with van der Waals surface area (Å²) in [5.74, 6) is 0.304. The Labute approximate surface area is 185 Å². The molecule has 0 saturated carbocycles.